The van der Waals surface area contributed by atoms with Crippen LogP contribution in [0.15, 0.2) is 36.4 Å². The van der Waals surface area contributed by atoms with Crippen molar-refractivity contribution in [1.29, 1.82) is 5.26 Å². The maximum absolute atomic E-state index is 13.4. The molecule has 0 saturated carbocycles. The van der Waals surface area contributed by atoms with Crippen LogP contribution < -0.4 is 4.74 Å². The van der Waals surface area contributed by atoms with Crippen molar-refractivity contribution in [2.24, 2.45) is 0 Å². The van der Waals surface area contributed by atoms with E-state index in [0.29, 0.717) is 0 Å². The second kappa shape index (κ2) is 5.96. The Morgan fingerprint density at radius 3 is 2.67 bits per heavy atom. The second-order valence-electron chi connectivity index (χ2n) is 4.08. The van der Waals surface area contributed by atoms with Gasteiger partial charge in [-0.3, -0.25) is 10.1 Å². The zero-order valence-corrected chi connectivity index (χ0v) is 10.5. The van der Waals surface area contributed by atoms with E-state index in [4.69, 9.17) is 10.00 Å². The van der Waals surface area contributed by atoms with Gasteiger partial charge in [0.1, 0.15) is 18.2 Å². The Morgan fingerprint density at radius 2 is 2.00 bits per heavy atom. The Morgan fingerprint density at radius 1 is 1.24 bits per heavy atom. The Bertz CT molecular complexity index is 741. The van der Waals surface area contributed by atoms with Crippen molar-refractivity contribution in [3.05, 3.63) is 69.3 Å². The molecule has 21 heavy (non-hydrogen) atoms. The summed E-state index contributed by atoms with van der Waals surface area (Å²) in [6.07, 6.45) is 0. The highest BCUT2D eigenvalue weighted by Gasteiger charge is 2.17. The molecule has 0 atom stereocenters. The van der Waals surface area contributed by atoms with Crippen molar-refractivity contribution >= 4 is 5.69 Å². The molecule has 0 aromatic heterocycles. The molecule has 2 aromatic rings. The summed E-state index contributed by atoms with van der Waals surface area (Å²) in [4.78, 5) is 10.2. The Labute approximate surface area is 118 Å². The van der Waals surface area contributed by atoms with Crippen LogP contribution in [0.5, 0.6) is 5.75 Å². The average Bonchev–Trinajstić information content (AvgIpc) is 2.48. The number of benzene rings is 2. The molecule has 106 valence electrons. The quantitative estimate of drug-likeness (QED) is 0.639. The van der Waals surface area contributed by atoms with Gasteiger partial charge in [-0.2, -0.15) is 5.26 Å². The van der Waals surface area contributed by atoms with Crippen LogP contribution in [0.1, 0.15) is 11.1 Å². The fourth-order valence-corrected chi connectivity index (χ4v) is 1.66. The SMILES string of the molecule is N#Cc1ccc(OCc2cc(F)ccc2F)c([N+](=O)[O-])c1. The van der Waals surface area contributed by atoms with E-state index < -0.39 is 22.2 Å². The first-order valence-electron chi connectivity index (χ1n) is 5.76. The number of ether oxygens (including phenoxy) is 1. The minimum absolute atomic E-state index is 0.0614. The van der Waals surface area contributed by atoms with E-state index in [1.807, 2.05) is 0 Å². The van der Waals surface area contributed by atoms with Gasteiger partial charge in [0.15, 0.2) is 5.75 Å². The average molecular weight is 290 g/mol. The molecule has 0 spiro atoms. The predicted molar refractivity (Wildman–Crippen MR) is 68.5 cm³/mol. The minimum Gasteiger partial charge on any atom is -0.482 e. The summed E-state index contributed by atoms with van der Waals surface area (Å²) in [5.74, 6) is -1.43. The molecule has 0 aliphatic rings. The van der Waals surface area contributed by atoms with E-state index in [1.165, 1.54) is 12.1 Å². The van der Waals surface area contributed by atoms with Crippen molar-refractivity contribution in [2.45, 2.75) is 6.61 Å². The van der Waals surface area contributed by atoms with Crippen molar-refractivity contribution < 1.29 is 18.4 Å². The van der Waals surface area contributed by atoms with Crippen LogP contribution in [0.2, 0.25) is 0 Å². The van der Waals surface area contributed by atoms with Gasteiger partial charge in [0.25, 0.3) is 0 Å². The van der Waals surface area contributed by atoms with E-state index in [0.717, 1.165) is 24.3 Å². The van der Waals surface area contributed by atoms with Gasteiger partial charge in [0, 0.05) is 11.6 Å². The Hall–Kier alpha value is -3.01. The van der Waals surface area contributed by atoms with Crippen LogP contribution in [0, 0.1) is 33.1 Å². The predicted octanol–water partition coefficient (Wildman–Crippen LogP) is 3.32. The molecule has 0 unspecified atom stereocenters. The first kappa shape index (κ1) is 14.4. The summed E-state index contributed by atoms with van der Waals surface area (Å²) in [5.41, 5.74) is -0.370. The molecule has 0 saturated heterocycles. The van der Waals surface area contributed by atoms with Crippen LogP contribution >= 0.6 is 0 Å². The van der Waals surface area contributed by atoms with Gasteiger partial charge in [-0.15, -0.1) is 0 Å². The van der Waals surface area contributed by atoms with Gasteiger partial charge in [0.2, 0.25) is 0 Å². The first-order chi connectivity index (χ1) is 10.0. The zero-order chi connectivity index (χ0) is 15.4. The lowest BCUT2D eigenvalue weighted by Crippen LogP contribution is -2.02. The van der Waals surface area contributed by atoms with E-state index >= 15 is 0 Å². The summed E-state index contributed by atoms with van der Waals surface area (Å²) < 4.78 is 31.6. The molecular formula is C14H8F2N2O3. The minimum atomic E-state index is -0.710. The zero-order valence-electron chi connectivity index (χ0n) is 10.5. The number of nitrogens with zero attached hydrogens (tertiary/aromatic N) is 2. The molecule has 0 aliphatic carbocycles. The number of nitriles is 1. The first-order valence-corrected chi connectivity index (χ1v) is 5.76. The molecule has 2 aromatic carbocycles. The molecular weight excluding hydrogens is 282 g/mol. The largest absolute Gasteiger partial charge is 0.482 e. The van der Waals surface area contributed by atoms with Crippen LogP contribution in [-0.2, 0) is 6.61 Å². The highest BCUT2D eigenvalue weighted by atomic mass is 19.1. The molecule has 0 heterocycles. The monoisotopic (exact) mass is 290 g/mol. The topological polar surface area (TPSA) is 76.2 Å². The fraction of sp³-hybridized carbons (Fsp3) is 0.0714. The number of hydrogen-bond acceptors (Lipinski definition) is 4. The summed E-state index contributed by atoms with van der Waals surface area (Å²) >= 11 is 0. The van der Waals surface area contributed by atoms with E-state index in [1.54, 1.807) is 6.07 Å². The Balaban J connectivity index is 2.26. The van der Waals surface area contributed by atoms with Crippen molar-refractivity contribution in [1.82, 2.24) is 0 Å². The van der Waals surface area contributed by atoms with Gasteiger partial charge < -0.3 is 4.74 Å². The van der Waals surface area contributed by atoms with Gasteiger partial charge in [0.05, 0.1) is 16.6 Å². The lowest BCUT2D eigenvalue weighted by Gasteiger charge is -2.08. The van der Waals surface area contributed by atoms with E-state index in [9.17, 15) is 18.9 Å². The fourth-order valence-electron chi connectivity index (χ4n) is 1.66. The van der Waals surface area contributed by atoms with Crippen LogP contribution in [0.4, 0.5) is 14.5 Å². The van der Waals surface area contributed by atoms with Gasteiger partial charge >= 0.3 is 5.69 Å². The molecule has 0 amide bonds. The molecule has 2 rings (SSSR count). The highest BCUT2D eigenvalue weighted by Crippen LogP contribution is 2.28. The molecule has 0 fully saturated rings. The maximum atomic E-state index is 13.4. The van der Waals surface area contributed by atoms with E-state index in [2.05, 4.69) is 0 Å². The number of nitro groups is 1. The normalized spacial score (nSPS) is 9.95. The van der Waals surface area contributed by atoms with Crippen molar-refractivity contribution in [3.63, 3.8) is 0 Å². The van der Waals surface area contributed by atoms with Crippen LogP contribution in [-0.4, -0.2) is 4.92 Å². The third kappa shape index (κ3) is 3.30. The summed E-state index contributed by atoms with van der Waals surface area (Å²) in [6.45, 7) is -0.365. The smallest absolute Gasteiger partial charge is 0.312 e. The summed E-state index contributed by atoms with van der Waals surface area (Å²) in [7, 11) is 0. The second-order valence-corrected chi connectivity index (χ2v) is 4.08. The van der Waals surface area contributed by atoms with Gasteiger partial charge in [-0.25, -0.2) is 8.78 Å². The third-order valence-corrected chi connectivity index (χ3v) is 2.68. The molecule has 5 nitrogen and oxygen atoms in total. The molecule has 0 bridgehead atoms. The molecule has 0 radical (unpaired) electrons. The molecule has 0 N–H and O–H groups in total. The van der Waals surface area contributed by atoms with Crippen molar-refractivity contribution in [2.75, 3.05) is 0 Å². The number of nitro benzene ring substituents is 1. The molecule has 0 aliphatic heterocycles. The van der Waals surface area contributed by atoms with Crippen LogP contribution in [0.25, 0.3) is 0 Å². The third-order valence-electron chi connectivity index (χ3n) is 2.68. The lowest BCUT2D eigenvalue weighted by molar-refractivity contribution is -0.386. The van der Waals surface area contributed by atoms with E-state index in [-0.39, 0.29) is 23.5 Å². The van der Waals surface area contributed by atoms with Gasteiger partial charge in [-0.1, -0.05) is 0 Å². The highest BCUT2D eigenvalue weighted by molar-refractivity contribution is 5.51. The summed E-state index contributed by atoms with van der Waals surface area (Å²) in [6, 6.07) is 8.26. The number of hydrogen-bond donors (Lipinski definition) is 0. The van der Waals surface area contributed by atoms with Crippen molar-refractivity contribution in [3.8, 4) is 11.8 Å². The number of halogens is 2. The Kier molecular flexibility index (Phi) is 4.09. The summed E-state index contributed by atoms with van der Waals surface area (Å²) in [5, 5.41) is 19.6. The lowest BCUT2D eigenvalue weighted by atomic mass is 10.2. The van der Waals surface area contributed by atoms with Crippen LogP contribution in [0.3, 0.4) is 0 Å². The molecule has 7 heteroatoms. The van der Waals surface area contributed by atoms with Gasteiger partial charge in [-0.05, 0) is 30.3 Å². The standard InChI is InChI=1S/C14H8F2N2O3/c15-11-2-3-12(16)10(6-11)8-21-14-4-1-9(7-17)5-13(14)18(19)20/h1-6H,8H2. The number of rotatable bonds is 4. The maximum Gasteiger partial charge on any atom is 0.312 e.